The summed E-state index contributed by atoms with van der Waals surface area (Å²) < 4.78 is 44.6. The molecule has 0 bridgehead atoms. The van der Waals surface area contributed by atoms with Crippen LogP contribution in [0.1, 0.15) is 0 Å². The third-order valence-electron chi connectivity index (χ3n) is 3.27. The van der Waals surface area contributed by atoms with E-state index in [0.29, 0.717) is 0 Å². The van der Waals surface area contributed by atoms with E-state index in [9.17, 15) is 17.6 Å². The first-order chi connectivity index (χ1) is 11.0. The Balaban J connectivity index is 1.62. The Kier molecular flexibility index (Phi) is 4.33. The standard InChI is InChI=1S/C14H13FN2O4S2/c15-10-3-5-12(6-4-10)23(19,20)16-8-11-9-17(14(18)21-11)13-2-1-7-22-13/h1-7,11,16H,8-9H2. The highest BCUT2D eigenvalue weighted by Gasteiger charge is 2.33. The Bertz CT molecular complexity index is 791. The van der Waals surface area contributed by atoms with Crippen molar-refractivity contribution >= 4 is 32.5 Å². The van der Waals surface area contributed by atoms with Crippen molar-refractivity contribution in [1.29, 1.82) is 0 Å². The van der Waals surface area contributed by atoms with Gasteiger partial charge in [0.05, 0.1) is 11.4 Å². The van der Waals surface area contributed by atoms with Crippen LogP contribution >= 0.6 is 11.3 Å². The maximum Gasteiger partial charge on any atom is 0.415 e. The first kappa shape index (κ1) is 15.9. The zero-order valence-electron chi connectivity index (χ0n) is 11.8. The van der Waals surface area contributed by atoms with Crippen LogP contribution in [0.3, 0.4) is 0 Å². The van der Waals surface area contributed by atoms with Crippen molar-refractivity contribution in [2.75, 3.05) is 18.0 Å². The highest BCUT2D eigenvalue weighted by molar-refractivity contribution is 7.89. The number of rotatable bonds is 5. The second-order valence-corrected chi connectivity index (χ2v) is 7.57. The lowest BCUT2D eigenvalue weighted by Gasteiger charge is -2.11. The molecule has 1 amide bonds. The lowest BCUT2D eigenvalue weighted by Crippen LogP contribution is -2.34. The van der Waals surface area contributed by atoms with E-state index < -0.39 is 28.0 Å². The minimum absolute atomic E-state index is 0.0432. The van der Waals surface area contributed by atoms with E-state index in [1.54, 1.807) is 6.07 Å². The number of hydrogen-bond donors (Lipinski definition) is 1. The van der Waals surface area contributed by atoms with Gasteiger partial charge in [0.25, 0.3) is 0 Å². The predicted octanol–water partition coefficient (Wildman–Crippen LogP) is 2.19. The molecule has 2 heterocycles. The predicted molar refractivity (Wildman–Crippen MR) is 83.5 cm³/mol. The molecule has 0 saturated carbocycles. The number of carbonyl (C=O) groups excluding carboxylic acids is 1. The summed E-state index contributed by atoms with van der Waals surface area (Å²) >= 11 is 1.40. The number of nitrogens with zero attached hydrogens (tertiary/aromatic N) is 1. The molecule has 1 atom stereocenters. The SMILES string of the molecule is O=C1OC(CNS(=O)(=O)c2ccc(F)cc2)CN1c1cccs1. The van der Waals surface area contributed by atoms with E-state index in [1.165, 1.54) is 28.4 Å². The lowest BCUT2D eigenvalue weighted by atomic mass is 10.3. The fourth-order valence-electron chi connectivity index (χ4n) is 2.13. The molecule has 1 saturated heterocycles. The molecule has 1 aromatic heterocycles. The quantitative estimate of drug-likeness (QED) is 0.891. The molecule has 1 aliphatic heterocycles. The summed E-state index contributed by atoms with van der Waals surface area (Å²) in [4.78, 5) is 13.2. The highest BCUT2D eigenvalue weighted by Crippen LogP contribution is 2.26. The van der Waals surface area contributed by atoms with Crippen LogP contribution in [-0.4, -0.2) is 33.7 Å². The third kappa shape index (κ3) is 3.52. The number of carbonyl (C=O) groups is 1. The van der Waals surface area contributed by atoms with Gasteiger partial charge in [0.1, 0.15) is 16.9 Å². The van der Waals surface area contributed by atoms with Crippen molar-refractivity contribution in [1.82, 2.24) is 4.72 Å². The van der Waals surface area contributed by atoms with Crippen LogP contribution in [0.4, 0.5) is 14.2 Å². The number of hydrogen-bond acceptors (Lipinski definition) is 5. The first-order valence-electron chi connectivity index (χ1n) is 6.72. The van der Waals surface area contributed by atoms with Gasteiger partial charge in [0.2, 0.25) is 10.0 Å². The Morgan fingerprint density at radius 3 is 2.70 bits per heavy atom. The summed E-state index contributed by atoms with van der Waals surface area (Å²) in [5.41, 5.74) is 0. The van der Waals surface area contributed by atoms with E-state index in [-0.39, 0.29) is 18.0 Å². The molecule has 1 unspecified atom stereocenters. The maximum atomic E-state index is 12.8. The lowest BCUT2D eigenvalue weighted by molar-refractivity contribution is 0.143. The van der Waals surface area contributed by atoms with Crippen LogP contribution in [0, 0.1) is 5.82 Å². The average Bonchev–Trinajstić information content (AvgIpc) is 3.15. The van der Waals surface area contributed by atoms with Crippen molar-refractivity contribution in [2.24, 2.45) is 0 Å². The van der Waals surface area contributed by atoms with Crippen molar-refractivity contribution in [2.45, 2.75) is 11.0 Å². The molecule has 1 aliphatic rings. The van der Waals surface area contributed by atoms with Gasteiger partial charge in [-0.05, 0) is 41.8 Å². The fourth-order valence-corrected chi connectivity index (χ4v) is 3.93. The zero-order chi connectivity index (χ0) is 16.4. The molecular weight excluding hydrogens is 343 g/mol. The number of ether oxygens (including phenoxy) is 1. The Hall–Kier alpha value is -1.97. The summed E-state index contributed by atoms with van der Waals surface area (Å²) in [5, 5.41) is 2.59. The first-order valence-corrected chi connectivity index (χ1v) is 9.09. The molecule has 3 rings (SSSR count). The van der Waals surface area contributed by atoms with Gasteiger partial charge in [0, 0.05) is 6.54 Å². The summed E-state index contributed by atoms with van der Waals surface area (Å²) in [6.07, 6.45) is -1.08. The van der Waals surface area contributed by atoms with Gasteiger partial charge in [-0.3, -0.25) is 4.90 Å². The van der Waals surface area contributed by atoms with E-state index in [4.69, 9.17) is 4.74 Å². The van der Waals surface area contributed by atoms with Crippen molar-refractivity contribution in [3.8, 4) is 0 Å². The molecule has 23 heavy (non-hydrogen) atoms. The molecule has 122 valence electrons. The maximum absolute atomic E-state index is 12.8. The van der Waals surface area contributed by atoms with Gasteiger partial charge in [-0.25, -0.2) is 22.3 Å². The smallest absolute Gasteiger partial charge is 0.415 e. The second-order valence-electron chi connectivity index (χ2n) is 4.87. The molecule has 9 heteroatoms. The number of nitrogens with one attached hydrogen (secondary N) is 1. The zero-order valence-corrected chi connectivity index (χ0v) is 13.4. The number of amides is 1. The summed E-state index contributed by atoms with van der Waals surface area (Å²) in [7, 11) is -3.78. The number of halogens is 1. The van der Waals surface area contributed by atoms with Crippen LogP contribution in [0.25, 0.3) is 0 Å². The molecule has 1 fully saturated rings. The van der Waals surface area contributed by atoms with Gasteiger partial charge < -0.3 is 4.74 Å². The minimum atomic E-state index is -3.78. The molecule has 6 nitrogen and oxygen atoms in total. The average molecular weight is 356 g/mol. The molecule has 1 aromatic carbocycles. The Labute approximate surface area is 136 Å². The van der Waals surface area contributed by atoms with Crippen LogP contribution < -0.4 is 9.62 Å². The molecule has 0 spiro atoms. The molecular formula is C14H13FN2O4S2. The van der Waals surface area contributed by atoms with Crippen LogP contribution in [0.5, 0.6) is 0 Å². The van der Waals surface area contributed by atoms with Crippen LogP contribution in [0.15, 0.2) is 46.7 Å². The monoisotopic (exact) mass is 356 g/mol. The number of sulfonamides is 1. The van der Waals surface area contributed by atoms with Crippen molar-refractivity contribution in [3.05, 3.63) is 47.6 Å². The number of benzene rings is 1. The topological polar surface area (TPSA) is 75.7 Å². The van der Waals surface area contributed by atoms with Gasteiger partial charge in [-0.1, -0.05) is 0 Å². The molecule has 0 aliphatic carbocycles. The Morgan fingerprint density at radius 2 is 2.04 bits per heavy atom. The summed E-state index contributed by atoms with van der Waals surface area (Å²) in [6.45, 7) is 0.221. The van der Waals surface area contributed by atoms with E-state index >= 15 is 0 Å². The summed E-state index contributed by atoms with van der Waals surface area (Å²) in [6, 6.07) is 8.10. The highest BCUT2D eigenvalue weighted by atomic mass is 32.2. The van der Waals surface area contributed by atoms with Gasteiger partial charge >= 0.3 is 6.09 Å². The van der Waals surface area contributed by atoms with E-state index in [0.717, 1.165) is 17.1 Å². The third-order valence-corrected chi connectivity index (χ3v) is 5.60. The molecule has 0 radical (unpaired) electrons. The summed E-state index contributed by atoms with van der Waals surface area (Å²) in [5.74, 6) is -0.514. The largest absolute Gasteiger partial charge is 0.443 e. The normalized spacial score (nSPS) is 18.2. The van der Waals surface area contributed by atoms with Crippen molar-refractivity contribution in [3.63, 3.8) is 0 Å². The van der Waals surface area contributed by atoms with Crippen molar-refractivity contribution < 1.29 is 22.3 Å². The Morgan fingerprint density at radius 1 is 1.30 bits per heavy atom. The molecule has 2 aromatic rings. The van der Waals surface area contributed by atoms with Gasteiger partial charge in [-0.2, -0.15) is 0 Å². The van der Waals surface area contributed by atoms with Crippen LogP contribution in [-0.2, 0) is 14.8 Å². The van der Waals surface area contributed by atoms with E-state index in [1.807, 2.05) is 11.4 Å². The van der Waals surface area contributed by atoms with Gasteiger partial charge in [0.15, 0.2) is 0 Å². The minimum Gasteiger partial charge on any atom is -0.443 e. The molecule has 1 N–H and O–H groups in total. The number of cyclic esters (lactones) is 1. The fraction of sp³-hybridized carbons (Fsp3) is 0.214. The number of thiophene rings is 1. The van der Waals surface area contributed by atoms with Crippen LogP contribution in [0.2, 0.25) is 0 Å². The number of anilines is 1. The van der Waals surface area contributed by atoms with E-state index in [2.05, 4.69) is 4.72 Å². The van der Waals surface area contributed by atoms with Gasteiger partial charge in [-0.15, -0.1) is 11.3 Å². The second kappa shape index (κ2) is 6.26.